The number of nitrogens with one attached hydrogen (secondary N) is 1. The van der Waals surface area contributed by atoms with Gasteiger partial charge < -0.3 is 9.73 Å². The molecule has 0 spiro atoms. The summed E-state index contributed by atoms with van der Waals surface area (Å²) >= 11 is 1.55. The van der Waals surface area contributed by atoms with Gasteiger partial charge in [-0.2, -0.15) is 0 Å². The van der Waals surface area contributed by atoms with Crippen molar-refractivity contribution in [2.45, 2.75) is 20.8 Å². The van der Waals surface area contributed by atoms with Gasteiger partial charge in [-0.3, -0.25) is 4.79 Å². The number of anilines is 1. The van der Waals surface area contributed by atoms with Gasteiger partial charge in [-0.15, -0.1) is 11.3 Å². The Hall–Kier alpha value is -2.92. The van der Waals surface area contributed by atoms with Gasteiger partial charge >= 0.3 is 0 Å². The van der Waals surface area contributed by atoms with Gasteiger partial charge in [0, 0.05) is 5.69 Å². The molecule has 1 amide bonds. The van der Waals surface area contributed by atoms with E-state index in [-0.39, 0.29) is 11.7 Å². The highest BCUT2D eigenvalue weighted by molar-refractivity contribution is 7.21. The summed E-state index contributed by atoms with van der Waals surface area (Å²) in [6.45, 7) is 6.02. The summed E-state index contributed by atoms with van der Waals surface area (Å²) in [5.74, 6) is 0.625. The van der Waals surface area contributed by atoms with Crippen molar-refractivity contribution < 1.29 is 9.21 Å². The second kappa shape index (κ2) is 6.42. The summed E-state index contributed by atoms with van der Waals surface area (Å²) in [5, 5.41) is 3.73. The molecule has 0 unspecified atom stereocenters. The number of aromatic nitrogens is 1. The Morgan fingerprint density at radius 2 is 1.77 bits per heavy atom. The SMILES string of the molecule is Cc1cc(C)c(NC(=O)c2ccc(-c3nc4ccccc4s3)o2)c(C)c1. The molecule has 4 rings (SSSR count). The van der Waals surface area contributed by atoms with Gasteiger partial charge in [-0.25, -0.2) is 4.98 Å². The lowest BCUT2D eigenvalue weighted by atomic mass is 10.1. The Labute approximate surface area is 155 Å². The molecule has 0 radical (unpaired) electrons. The predicted octanol–water partition coefficient (Wildman–Crippen LogP) is 5.73. The minimum atomic E-state index is -0.257. The Balaban J connectivity index is 1.60. The first-order valence-corrected chi connectivity index (χ1v) is 9.18. The number of rotatable bonds is 3. The summed E-state index contributed by atoms with van der Waals surface area (Å²) in [7, 11) is 0. The highest BCUT2D eigenvalue weighted by Crippen LogP contribution is 2.31. The van der Waals surface area contributed by atoms with Crippen molar-refractivity contribution in [3.05, 3.63) is 71.0 Å². The first kappa shape index (κ1) is 16.5. The fourth-order valence-electron chi connectivity index (χ4n) is 3.10. The summed E-state index contributed by atoms with van der Waals surface area (Å²) < 4.78 is 6.87. The van der Waals surface area contributed by atoms with E-state index < -0.39 is 0 Å². The van der Waals surface area contributed by atoms with Crippen molar-refractivity contribution in [1.82, 2.24) is 4.98 Å². The van der Waals surface area contributed by atoms with Crippen molar-refractivity contribution in [1.29, 1.82) is 0 Å². The highest BCUT2D eigenvalue weighted by Gasteiger charge is 2.16. The molecule has 26 heavy (non-hydrogen) atoms. The van der Waals surface area contributed by atoms with Crippen LogP contribution in [-0.4, -0.2) is 10.9 Å². The summed E-state index contributed by atoms with van der Waals surface area (Å²) in [5.41, 5.74) is 5.01. The van der Waals surface area contributed by atoms with Gasteiger partial charge in [0.25, 0.3) is 5.91 Å². The molecule has 0 aliphatic heterocycles. The van der Waals surface area contributed by atoms with Gasteiger partial charge in [0.05, 0.1) is 10.2 Å². The fourth-order valence-corrected chi connectivity index (χ4v) is 4.03. The van der Waals surface area contributed by atoms with E-state index in [9.17, 15) is 4.79 Å². The van der Waals surface area contributed by atoms with E-state index in [1.54, 1.807) is 23.5 Å². The molecule has 0 bridgehead atoms. The topological polar surface area (TPSA) is 55.1 Å². The minimum absolute atomic E-state index is 0.257. The predicted molar refractivity (Wildman–Crippen MR) is 106 cm³/mol. The molecular weight excluding hydrogens is 344 g/mol. The lowest BCUT2D eigenvalue weighted by Gasteiger charge is -2.11. The molecule has 2 aromatic carbocycles. The number of thiazole rings is 1. The Bertz CT molecular complexity index is 1070. The zero-order valence-electron chi connectivity index (χ0n) is 14.8. The normalized spacial score (nSPS) is 11.0. The van der Waals surface area contributed by atoms with Crippen molar-refractivity contribution in [2.24, 2.45) is 0 Å². The van der Waals surface area contributed by atoms with Crippen LogP contribution in [0.1, 0.15) is 27.2 Å². The Morgan fingerprint density at radius 3 is 2.50 bits per heavy atom. The first-order chi connectivity index (χ1) is 12.5. The molecule has 0 saturated carbocycles. The molecule has 4 aromatic rings. The van der Waals surface area contributed by atoms with Crippen molar-refractivity contribution >= 4 is 33.1 Å². The summed E-state index contributed by atoms with van der Waals surface area (Å²) in [6, 6.07) is 15.5. The molecule has 5 heteroatoms. The van der Waals surface area contributed by atoms with Crippen LogP contribution in [-0.2, 0) is 0 Å². The van der Waals surface area contributed by atoms with Crippen LogP contribution in [0.3, 0.4) is 0 Å². The number of hydrogen-bond acceptors (Lipinski definition) is 4. The smallest absolute Gasteiger partial charge is 0.291 e. The van der Waals surface area contributed by atoms with E-state index in [4.69, 9.17) is 4.42 Å². The maximum atomic E-state index is 12.6. The summed E-state index contributed by atoms with van der Waals surface area (Å²) in [6.07, 6.45) is 0. The number of fused-ring (bicyclic) bond motifs is 1. The van der Waals surface area contributed by atoms with Gasteiger partial charge in [0.1, 0.15) is 0 Å². The van der Waals surface area contributed by atoms with E-state index in [1.165, 1.54) is 5.56 Å². The molecule has 1 N–H and O–H groups in total. The van der Waals surface area contributed by atoms with E-state index in [2.05, 4.69) is 22.4 Å². The molecule has 130 valence electrons. The maximum absolute atomic E-state index is 12.6. The molecule has 2 heterocycles. The number of aryl methyl sites for hydroxylation is 3. The highest BCUT2D eigenvalue weighted by atomic mass is 32.1. The van der Waals surface area contributed by atoms with Crippen molar-refractivity contribution in [3.8, 4) is 10.8 Å². The quantitative estimate of drug-likeness (QED) is 0.506. The molecule has 0 saturated heterocycles. The lowest BCUT2D eigenvalue weighted by molar-refractivity contribution is 0.0997. The third-order valence-electron chi connectivity index (χ3n) is 4.25. The molecule has 0 aliphatic carbocycles. The van der Waals surface area contributed by atoms with Crippen LogP contribution in [0, 0.1) is 20.8 Å². The number of nitrogens with zero attached hydrogens (tertiary/aromatic N) is 1. The molecule has 0 aliphatic rings. The van der Waals surface area contributed by atoms with Crippen molar-refractivity contribution in [3.63, 3.8) is 0 Å². The largest absolute Gasteiger partial charge is 0.448 e. The van der Waals surface area contributed by atoms with Crippen LogP contribution in [0.2, 0.25) is 0 Å². The monoisotopic (exact) mass is 362 g/mol. The van der Waals surface area contributed by atoms with Gasteiger partial charge in [-0.05, 0) is 56.2 Å². The van der Waals surface area contributed by atoms with E-state index in [0.29, 0.717) is 5.76 Å². The van der Waals surface area contributed by atoms with Crippen LogP contribution >= 0.6 is 11.3 Å². The average molecular weight is 362 g/mol. The third-order valence-corrected chi connectivity index (χ3v) is 5.30. The van der Waals surface area contributed by atoms with E-state index in [0.717, 1.165) is 32.0 Å². The van der Waals surface area contributed by atoms with Gasteiger partial charge in [0.15, 0.2) is 16.5 Å². The number of carbonyl (C=O) groups excluding carboxylic acids is 1. The molecule has 0 fully saturated rings. The van der Waals surface area contributed by atoms with E-state index >= 15 is 0 Å². The number of furan rings is 1. The van der Waals surface area contributed by atoms with Gasteiger partial charge in [-0.1, -0.05) is 29.8 Å². The zero-order valence-corrected chi connectivity index (χ0v) is 15.6. The number of amides is 1. The Kier molecular flexibility index (Phi) is 4.09. The third kappa shape index (κ3) is 3.02. The first-order valence-electron chi connectivity index (χ1n) is 8.36. The maximum Gasteiger partial charge on any atom is 0.291 e. The number of hydrogen-bond donors (Lipinski definition) is 1. The van der Waals surface area contributed by atoms with Gasteiger partial charge in [0.2, 0.25) is 0 Å². The summed E-state index contributed by atoms with van der Waals surface area (Å²) in [4.78, 5) is 17.2. The number of para-hydroxylation sites is 1. The standard InChI is InChI=1S/C21H18N2O2S/c1-12-10-13(2)19(14(3)11-12)23-20(24)16-8-9-17(25-16)21-22-15-6-4-5-7-18(15)26-21/h4-11H,1-3H3,(H,23,24). The minimum Gasteiger partial charge on any atom is -0.448 e. The number of benzene rings is 2. The zero-order chi connectivity index (χ0) is 18.3. The van der Waals surface area contributed by atoms with Crippen LogP contribution in [0.25, 0.3) is 21.0 Å². The van der Waals surface area contributed by atoms with Crippen LogP contribution < -0.4 is 5.32 Å². The van der Waals surface area contributed by atoms with E-state index in [1.807, 2.05) is 45.0 Å². The lowest BCUT2D eigenvalue weighted by Crippen LogP contribution is -2.13. The van der Waals surface area contributed by atoms with Crippen LogP contribution in [0.15, 0.2) is 52.9 Å². The second-order valence-electron chi connectivity index (χ2n) is 6.38. The fraction of sp³-hybridized carbons (Fsp3) is 0.143. The molecule has 0 atom stereocenters. The second-order valence-corrected chi connectivity index (χ2v) is 7.41. The Morgan fingerprint density at radius 1 is 1.04 bits per heavy atom. The van der Waals surface area contributed by atoms with Crippen LogP contribution in [0.5, 0.6) is 0 Å². The average Bonchev–Trinajstić information content (AvgIpc) is 3.24. The molecule has 4 nitrogen and oxygen atoms in total. The van der Waals surface area contributed by atoms with Crippen molar-refractivity contribution in [2.75, 3.05) is 5.32 Å². The number of carbonyl (C=O) groups is 1. The molecule has 2 aromatic heterocycles. The van der Waals surface area contributed by atoms with Crippen LogP contribution in [0.4, 0.5) is 5.69 Å². The molecular formula is C21H18N2O2S.